The molecule has 0 saturated carbocycles. The molecule has 5 heteroatoms. The first-order valence-corrected chi connectivity index (χ1v) is 9.23. The van der Waals surface area contributed by atoms with Crippen LogP contribution in [0.1, 0.15) is 0 Å². The largest absolute Gasteiger partial charge is 0.268 e. The van der Waals surface area contributed by atoms with Gasteiger partial charge in [0.15, 0.2) is 0 Å². The minimum Gasteiger partial charge on any atom is -0.235 e. The molecule has 0 heterocycles. The highest BCUT2D eigenvalue weighted by Crippen LogP contribution is 2.32. The van der Waals surface area contributed by atoms with Gasteiger partial charge < -0.3 is 0 Å². The van der Waals surface area contributed by atoms with Crippen LogP contribution in [-0.4, -0.2) is 8.42 Å². The van der Waals surface area contributed by atoms with E-state index in [0.29, 0.717) is 11.4 Å². The van der Waals surface area contributed by atoms with E-state index < -0.39 is 10.0 Å². The molecule has 23 heavy (non-hydrogen) atoms. The zero-order valence-corrected chi connectivity index (χ0v) is 14.5. The Morgan fingerprint density at radius 2 is 1.09 bits per heavy atom. The molecule has 3 nitrogen and oxygen atoms in total. The highest BCUT2D eigenvalue weighted by atomic mass is 79.9. The molecule has 0 bridgehead atoms. The Balaban J connectivity index is 2.17. The van der Waals surface area contributed by atoms with Crippen molar-refractivity contribution in [2.24, 2.45) is 0 Å². The van der Waals surface area contributed by atoms with Gasteiger partial charge in [0.25, 0.3) is 10.0 Å². The van der Waals surface area contributed by atoms with Crippen LogP contribution in [0.4, 0.5) is 11.4 Å². The van der Waals surface area contributed by atoms with E-state index in [0.717, 1.165) is 4.47 Å². The Morgan fingerprint density at radius 3 is 1.52 bits per heavy atom. The molecular weight excluding hydrogens is 374 g/mol. The van der Waals surface area contributed by atoms with Crippen molar-refractivity contribution in [2.45, 2.75) is 4.90 Å². The zero-order chi connectivity index (χ0) is 16.3. The van der Waals surface area contributed by atoms with E-state index in [1.807, 2.05) is 36.4 Å². The second-order valence-electron chi connectivity index (χ2n) is 4.89. The van der Waals surface area contributed by atoms with Crippen molar-refractivity contribution < 1.29 is 8.42 Å². The van der Waals surface area contributed by atoms with Crippen molar-refractivity contribution in [2.75, 3.05) is 4.31 Å². The summed E-state index contributed by atoms with van der Waals surface area (Å²) < 4.78 is 28.5. The Labute approximate surface area is 144 Å². The Kier molecular flexibility index (Phi) is 4.50. The molecule has 3 aromatic carbocycles. The molecule has 3 rings (SSSR count). The molecule has 116 valence electrons. The summed E-state index contributed by atoms with van der Waals surface area (Å²) in [6.07, 6.45) is 0. The molecule has 0 amide bonds. The summed E-state index contributed by atoms with van der Waals surface area (Å²) in [5.41, 5.74) is 1.20. The molecule has 0 aliphatic rings. The predicted octanol–water partition coefficient (Wildman–Crippen LogP) is 4.98. The first-order chi connectivity index (χ1) is 11.1. The summed E-state index contributed by atoms with van der Waals surface area (Å²) >= 11 is 3.33. The SMILES string of the molecule is O=S(=O)(c1ccc(Br)cc1)N(c1ccccc1)c1ccccc1. The van der Waals surface area contributed by atoms with Gasteiger partial charge in [-0.15, -0.1) is 0 Å². The van der Waals surface area contributed by atoms with Gasteiger partial charge in [0.1, 0.15) is 0 Å². The van der Waals surface area contributed by atoms with E-state index in [4.69, 9.17) is 0 Å². The molecule has 0 aliphatic carbocycles. The first kappa shape index (κ1) is 15.8. The van der Waals surface area contributed by atoms with Gasteiger partial charge in [0, 0.05) is 4.47 Å². The molecule has 0 fully saturated rings. The van der Waals surface area contributed by atoms with Crippen molar-refractivity contribution in [3.63, 3.8) is 0 Å². The maximum absolute atomic E-state index is 13.2. The van der Waals surface area contributed by atoms with Gasteiger partial charge >= 0.3 is 0 Å². The topological polar surface area (TPSA) is 37.4 Å². The molecule has 0 saturated heterocycles. The fourth-order valence-electron chi connectivity index (χ4n) is 2.27. The quantitative estimate of drug-likeness (QED) is 0.633. The highest BCUT2D eigenvalue weighted by molar-refractivity contribution is 9.10. The number of anilines is 2. The number of nitrogens with zero attached hydrogens (tertiary/aromatic N) is 1. The van der Waals surface area contributed by atoms with Gasteiger partial charge in [0.2, 0.25) is 0 Å². The van der Waals surface area contributed by atoms with E-state index in [9.17, 15) is 8.42 Å². The predicted molar refractivity (Wildman–Crippen MR) is 96.4 cm³/mol. The molecule has 0 aromatic heterocycles. The van der Waals surface area contributed by atoms with Crippen LogP contribution in [0.2, 0.25) is 0 Å². The van der Waals surface area contributed by atoms with E-state index >= 15 is 0 Å². The average Bonchev–Trinajstić information content (AvgIpc) is 2.57. The summed E-state index contributed by atoms with van der Waals surface area (Å²) in [6.45, 7) is 0. The van der Waals surface area contributed by atoms with Crippen LogP contribution >= 0.6 is 15.9 Å². The fourth-order valence-corrected chi connectivity index (χ4v) is 4.02. The highest BCUT2D eigenvalue weighted by Gasteiger charge is 2.26. The molecule has 0 unspecified atom stereocenters. The van der Waals surface area contributed by atoms with Crippen LogP contribution in [0.3, 0.4) is 0 Å². The van der Waals surface area contributed by atoms with Crippen LogP contribution in [0.5, 0.6) is 0 Å². The minimum atomic E-state index is -3.71. The number of benzene rings is 3. The molecule has 0 aliphatic heterocycles. The Morgan fingerprint density at radius 1 is 0.652 bits per heavy atom. The zero-order valence-electron chi connectivity index (χ0n) is 12.1. The number of sulfonamides is 1. The number of hydrogen-bond donors (Lipinski definition) is 0. The van der Waals surface area contributed by atoms with Crippen LogP contribution in [-0.2, 0) is 10.0 Å². The van der Waals surface area contributed by atoms with Crippen LogP contribution in [0.15, 0.2) is 94.3 Å². The summed E-state index contributed by atoms with van der Waals surface area (Å²) in [7, 11) is -3.71. The van der Waals surface area contributed by atoms with Crippen LogP contribution < -0.4 is 4.31 Å². The van der Waals surface area contributed by atoms with Crippen LogP contribution in [0, 0.1) is 0 Å². The van der Waals surface area contributed by atoms with Crippen molar-refractivity contribution in [3.05, 3.63) is 89.4 Å². The average molecular weight is 388 g/mol. The molecule has 0 spiro atoms. The lowest BCUT2D eigenvalue weighted by molar-refractivity contribution is 0.596. The number of para-hydroxylation sites is 2. The monoisotopic (exact) mass is 387 g/mol. The van der Waals surface area contributed by atoms with Crippen molar-refractivity contribution in [3.8, 4) is 0 Å². The fraction of sp³-hybridized carbons (Fsp3) is 0. The normalized spacial score (nSPS) is 11.2. The van der Waals surface area contributed by atoms with Crippen LogP contribution in [0.25, 0.3) is 0 Å². The molecule has 0 N–H and O–H groups in total. The third kappa shape index (κ3) is 3.30. The lowest BCUT2D eigenvalue weighted by Crippen LogP contribution is -2.26. The third-order valence-electron chi connectivity index (χ3n) is 3.33. The number of rotatable bonds is 4. The number of hydrogen-bond acceptors (Lipinski definition) is 2. The van der Waals surface area contributed by atoms with Crippen molar-refractivity contribution in [1.82, 2.24) is 0 Å². The summed E-state index contributed by atoms with van der Waals surface area (Å²) in [5.74, 6) is 0. The lowest BCUT2D eigenvalue weighted by atomic mass is 10.3. The van der Waals surface area contributed by atoms with Gasteiger partial charge in [-0.1, -0.05) is 52.3 Å². The van der Waals surface area contributed by atoms with Crippen molar-refractivity contribution in [1.29, 1.82) is 0 Å². The van der Waals surface area contributed by atoms with Gasteiger partial charge in [-0.05, 0) is 48.5 Å². The smallest absolute Gasteiger partial charge is 0.235 e. The van der Waals surface area contributed by atoms with Gasteiger partial charge in [-0.3, -0.25) is 0 Å². The third-order valence-corrected chi connectivity index (χ3v) is 5.63. The van der Waals surface area contributed by atoms with E-state index in [2.05, 4.69) is 15.9 Å². The molecule has 0 atom stereocenters. The summed E-state index contributed by atoms with van der Waals surface area (Å²) in [4.78, 5) is 0.244. The second kappa shape index (κ2) is 6.56. The summed E-state index contributed by atoms with van der Waals surface area (Å²) in [6, 6.07) is 24.8. The maximum Gasteiger partial charge on any atom is 0.268 e. The van der Waals surface area contributed by atoms with Gasteiger partial charge in [-0.25, -0.2) is 12.7 Å². The maximum atomic E-state index is 13.2. The first-order valence-electron chi connectivity index (χ1n) is 7.00. The summed E-state index contributed by atoms with van der Waals surface area (Å²) in [5, 5.41) is 0. The minimum absolute atomic E-state index is 0.244. The standard InChI is InChI=1S/C18H14BrNO2S/c19-15-11-13-18(14-12-15)23(21,22)20(16-7-3-1-4-8-16)17-9-5-2-6-10-17/h1-14H. The Hall–Kier alpha value is -2.11. The van der Waals surface area contributed by atoms with Gasteiger partial charge in [-0.2, -0.15) is 0 Å². The van der Waals surface area contributed by atoms with Gasteiger partial charge in [0.05, 0.1) is 16.3 Å². The Bertz CT molecular complexity index is 840. The van der Waals surface area contributed by atoms with Crippen molar-refractivity contribution >= 4 is 37.3 Å². The molecular formula is C18H14BrNO2S. The molecule has 3 aromatic rings. The lowest BCUT2D eigenvalue weighted by Gasteiger charge is -2.24. The molecule has 0 radical (unpaired) electrons. The number of halogens is 1. The van der Waals surface area contributed by atoms with E-state index in [1.54, 1.807) is 48.5 Å². The van der Waals surface area contributed by atoms with E-state index in [-0.39, 0.29) is 4.90 Å². The van der Waals surface area contributed by atoms with E-state index in [1.165, 1.54) is 4.31 Å². The second-order valence-corrected chi connectivity index (χ2v) is 7.60.